The zero-order valence-electron chi connectivity index (χ0n) is 11.1. The third kappa shape index (κ3) is 2.99. The average molecular weight is 280 g/mol. The monoisotopic (exact) mass is 280 g/mol. The zero-order valence-corrected chi connectivity index (χ0v) is 11.9. The van der Waals surface area contributed by atoms with Gasteiger partial charge in [0.25, 0.3) is 0 Å². The largest absolute Gasteiger partial charge is 0.480 e. The van der Waals surface area contributed by atoms with E-state index in [9.17, 15) is 0 Å². The first-order chi connectivity index (χ1) is 9.30. The molecule has 0 amide bonds. The number of hydrogen-bond acceptors (Lipinski definition) is 7. The van der Waals surface area contributed by atoms with Gasteiger partial charge in [-0.05, 0) is 6.54 Å². The molecular weight excluding hydrogens is 264 g/mol. The van der Waals surface area contributed by atoms with Crippen LogP contribution in [0.4, 0.5) is 0 Å². The van der Waals surface area contributed by atoms with E-state index in [0.717, 1.165) is 12.2 Å². The first-order valence-corrected chi connectivity index (χ1v) is 6.80. The quantitative estimate of drug-likeness (QED) is 0.867. The van der Waals surface area contributed by atoms with Gasteiger partial charge in [0.2, 0.25) is 11.8 Å². The van der Waals surface area contributed by atoms with Crippen LogP contribution in [-0.2, 0) is 0 Å². The standard InChI is InChI=1S/C12H16N4O2S/c1-4-13-10(8-6-19-7-15-8)11-12(18-3)16-9(17-2)5-14-11/h5-7,10,13H,4H2,1-3H3. The van der Waals surface area contributed by atoms with E-state index in [4.69, 9.17) is 9.47 Å². The molecule has 7 heteroatoms. The number of aromatic nitrogens is 3. The van der Waals surface area contributed by atoms with Crippen molar-refractivity contribution in [1.82, 2.24) is 20.3 Å². The average Bonchev–Trinajstić information content (AvgIpc) is 2.98. The highest BCUT2D eigenvalue weighted by Gasteiger charge is 2.22. The van der Waals surface area contributed by atoms with E-state index >= 15 is 0 Å². The molecule has 102 valence electrons. The Kier molecular flexibility index (Phi) is 4.64. The lowest BCUT2D eigenvalue weighted by Crippen LogP contribution is -2.24. The fourth-order valence-electron chi connectivity index (χ4n) is 1.72. The summed E-state index contributed by atoms with van der Waals surface area (Å²) in [6.07, 6.45) is 1.58. The van der Waals surface area contributed by atoms with E-state index < -0.39 is 0 Å². The second-order valence-electron chi connectivity index (χ2n) is 3.71. The lowest BCUT2D eigenvalue weighted by molar-refractivity contribution is 0.352. The van der Waals surface area contributed by atoms with Gasteiger partial charge in [-0.1, -0.05) is 6.92 Å². The molecule has 2 aromatic rings. The minimum Gasteiger partial charge on any atom is -0.480 e. The molecule has 6 nitrogen and oxygen atoms in total. The summed E-state index contributed by atoms with van der Waals surface area (Å²) in [4.78, 5) is 13.0. The minimum atomic E-state index is -0.135. The maximum atomic E-state index is 5.30. The summed E-state index contributed by atoms with van der Waals surface area (Å²) in [6, 6.07) is -0.135. The normalized spacial score (nSPS) is 12.2. The van der Waals surface area contributed by atoms with Gasteiger partial charge in [-0.2, -0.15) is 4.98 Å². The molecule has 0 fully saturated rings. The van der Waals surface area contributed by atoms with E-state index in [2.05, 4.69) is 20.3 Å². The molecule has 19 heavy (non-hydrogen) atoms. The first-order valence-electron chi connectivity index (χ1n) is 5.86. The Morgan fingerprint density at radius 1 is 1.32 bits per heavy atom. The van der Waals surface area contributed by atoms with Gasteiger partial charge in [-0.3, -0.25) is 0 Å². The number of thiazole rings is 1. The van der Waals surface area contributed by atoms with Crippen molar-refractivity contribution in [1.29, 1.82) is 0 Å². The smallest absolute Gasteiger partial charge is 0.240 e. The van der Waals surface area contributed by atoms with Gasteiger partial charge in [0.05, 0.1) is 37.7 Å². The summed E-state index contributed by atoms with van der Waals surface area (Å²) in [5, 5.41) is 5.32. The second-order valence-corrected chi connectivity index (χ2v) is 4.43. The van der Waals surface area contributed by atoms with Crippen LogP contribution in [0.5, 0.6) is 11.8 Å². The van der Waals surface area contributed by atoms with E-state index in [-0.39, 0.29) is 6.04 Å². The Morgan fingerprint density at radius 3 is 2.74 bits per heavy atom. The molecule has 1 atom stereocenters. The topological polar surface area (TPSA) is 69.2 Å². The van der Waals surface area contributed by atoms with Crippen molar-refractivity contribution in [3.05, 3.63) is 28.5 Å². The van der Waals surface area contributed by atoms with Crippen molar-refractivity contribution in [2.75, 3.05) is 20.8 Å². The summed E-state index contributed by atoms with van der Waals surface area (Å²) in [5.74, 6) is 0.868. The van der Waals surface area contributed by atoms with Crippen LogP contribution in [0.25, 0.3) is 0 Å². The molecule has 0 saturated heterocycles. The Hall–Kier alpha value is -1.73. The van der Waals surface area contributed by atoms with Crippen LogP contribution in [0.1, 0.15) is 24.4 Å². The fourth-order valence-corrected chi connectivity index (χ4v) is 2.30. The van der Waals surface area contributed by atoms with Crippen LogP contribution in [0.3, 0.4) is 0 Å². The van der Waals surface area contributed by atoms with Gasteiger partial charge in [-0.25, -0.2) is 9.97 Å². The Morgan fingerprint density at radius 2 is 2.16 bits per heavy atom. The predicted molar refractivity (Wildman–Crippen MR) is 72.8 cm³/mol. The summed E-state index contributed by atoms with van der Waals surface area (Å²) in [6.45, 7) is 2.82. The molecule has 1 N–H and O–H groups in total. The first kappa shape index (κ1) is 13.7. The number of methoxy groups -OCH3 is 2. The predicted octanol–water partition coefficient (Wildman–Crippen LogP) is 1.65. The number of hydrogen-bond donors (Lipinski definition) is 1. The van der Waals surface area contributed by atoms with Gasteiger partial charge < -0.3 is 14.8 Å². The van der Waals surface area contributed by atoms with Crippen LogP contribution in [-0.4, -0.2) is 35.7 Å². The van der Waals surface area contributed by atoms with Crippen molar-refractivity contribution in [2.45, 2.75) is 13.0 Å². The number of rotatable bonds is 6. The van der Waals surface area contributed by atoms with Gasteiger partial charge in [-0.15, -0.1) is 11.3 Å². The molecular formula is C12H16N4O2S. The maximum Gasteiger partial charge on any atom is 0.240 e. The van der Waals surface area contributed by atoms with Gasteiger partial charge in [0, 0.05) is 5.38 Å². The molecule has 0 bridgehead atoms. The summed E-state index contributed by atoms with van der Waals surface area (Å²) >= 11 is 1.54. The highest BCUT2D eigenvalue weighted by Crippen LogP contribution is 2.27. The fraction of sp³-hybridized carbons (Fsp3) is 0.417. The SMILES string of the molecule is CCNC(c1cscn1)c1ncc(OC)nc1OC. The lowest BCUT2D eigenvalue weighted by atomic mass is 10.1. The van der Waals surface area contributed by atoms with Gasteiger partial charge in [0.15, 0.2) is 0 Å². The zero-order chi connectivity index (χ0) is 13.7. The number of nitrogens with one attached hydrogen (secondary N) is 1. The minimum absolute atomic E-state index is 0.135. The van der Waals surface area contributed by atoms with Crippen molar-refractivity contribution in [3.63, 3.8) is 0 Å². The van der Waals surface area contributed by atoms with Crippen LogP contribution >= 0.6 is 11.3 Å². The second kappa shape index (κ2) is 6.44. The molecule has 0 saturated carbocycles. The van der Waals surface area contributed by atoms with Crippen LogP contribution in [0, 0.1) is 0 Å². The highest BCUT2D eigenvalue weighted by atomic mass is 32.1. The molecule has 2 heterocycles. The molecule has 0 aliphatic heterocycles. The van der Waals surface area contributed by atoms with Crippen molar-refractivity contribution in [3.8, 4) is 11.8 Å². The van der Waals surface area contributed by atoms with E-state index in [0.29, 0.717) is 17.5 Å². The van der Waals surface area contributed by atoms with Crippen LogP contribution in [0.2, 0.25) is 0 Å². The molecule has 0 radical (unpaired) electrons. The molecule has 1 unspecified atom stereocenters. The maximum absolute atomic E-state index is 5.30. The lowest BCUT2D eigenvalue weighted by Gasteiger charge is -2.17. The molecule has 2 aromatic heterocycles. The summed E-state index contributed by atoms with van der Waals surface area (Å²) in [7, 11) is 3.11. The molecule has 0 aliphatic rings. The molecule has 0 aromatic carbocycles. The molecule has 2 rings (SSSR count). The van der Waals surface area contributed by atoms with Crippen molar-refractivity contribution in [2.24, 2.45) is 0 Å². The highest BCUT2D eigenvalue weighted by molar-refractivity contribution is 7.07. The van der Waals surface area contributed by atoms with Crippen LogP contribution < -0.4 is 14.8 Å². The summed E-state index contributed by atoms with van der Waals surface area (Å²) < 4.78 is 10.3. The van der Waals surface area contributed by atoms with Gasteiger partial charge in [0.1, 0.15) is 5.69 Å². The van der Waals surface area contributed by atoms with Gasteiger partial charge >= 0.3 is 0 Å². The third-order valence-corrected chi connectivity index (χ3v) is 3.18. The van der Waals surface area contributed by atoms with Crippen molar-refractivity contribution >= 4 is 11.3 Å². The summed E-state index contributed by atoms with van der Waals surface area (Å²) in [5.41, 5.74) is 3.41. The Bertz CT molecular complexity index is 518. The van der Waals surface area contributed by atoms with E-state index in [1.165, 1.54) is 0 Å². The Labute approximate surface area is 115 Å². The molecule has 0 spiro atoms. The number of nitrogens with zero attached hydrogens (tertiary/aromatic N) is 3. The Balaban J connectivity index is 2.41. The third-order valence-electron chi connectivity index (χ3n) is 2.58. The molecule has 0 aliphatic carbocycles. The van der Waals surface area contributed by atoms with E-state index in [1.807, 2.05) is 12.3 Å². The van der Waals surface area contributed by atoms with Crippen molar-refractivity contribution < 1.29 is 9.47 Å². The number of ether oxygens (including phenoxy) is 2. The van der Waals surface area contributed by atoms with Crippen LogP contribution in [0.15, 0.2) is 17.1 Å². The van der Waals surface area contributed by atoms with E-state index in [1.54, 1.807) is 37.3 Å².